The molecule has 2 N–H and O–H groups in total. The van der Waals surface area contributed by atoms with Crippen LogP contribution >= 0.6 is 0 Å². The molecule has 1 amide bonds. The molecular formula is C16H21N5O. The molecule has 0 unspecified atom stereocenters. The summed E-state index contributed by atoms with van der Waals surface area (Å²) < 4.78 is 0. The normalized spacial score (nSPS) is 19.0. The lowest BCUT2D eigenvalue weighted by Crippen LogP contribution is -2.36. The van der Waals surface area contributed by atoms with Crippen LogP contribution in [0.5, 0.6) is 0 Å². The first-order valence-corrected chi connectivity index (χ1v) is 7.73. The topological polar surface area (TPSA) is 73.9 Å². The van der Waals surface area contributed by atoms with Gasteiger partial charge in [0.05, 0.1) is 11.9 Å². The van der Waals surface area contributed by atoms with E-state index in [1.807, 2.05) is 18.2 Å². The molecule has 2 aromatic heterocycles. The number of amides is 1. The quantitative estimate of drug-likeness (QED) is 0.885. The standard InChI is InChI=1S/C16H21N5O/c22-16(19-14-4-1-7-17-11-14)6-10-21-9-2-3-13(12-21)15-5-8-18-20-15/h1,4-5,7-8,11,13H,2-3,6,9-10,12H2,(H,18,20)(H,19,22)/t13-/m0/s1. The minimum absolute atomic E-state index is 0.0386. The lowest BCUT2D eigenvalue weighted by molar-refractivity contribution is -0.116. The van der Waals surface area contributed by atoms with Gasteiger partial charge in [-0.2, -0.15) is 5.10 Å². The number of nitrogens with one attached hydrogen (secondary N) is 2. The van der Waals surface area contributed by atoms with E-state index in [0.29, 0.717) is 12.3 Å². The zero-order valence-electron chi connectivity index (χ0n) is 12.5. The number of carbonyl (C=O) groups is 1. The molecule has 6 nitrogen and oxygen atoms in total. The van der Waals surface area contributed by atoms with Crippen LogP contribution in [0.15, 0.2) is 36.8 Å². The van der Waals surface area contributed by atoms with Crippen LogP contribution in [0.25, 0.3) is 0 Å². The van der Waals surface area contributed by atoms with Crippen LogP contribution in [0.3, 0.4) is 0 Å². The Labute approximate surface area is 129 Å². The summed E-state index contributed by atoms with van der Waals surface area (Å²) in [7, 11) is 0. The Morgan fingerprint density at radius 2 is 2.36 bits per heavy atom. The highest BCUT2D eigenvalue weighted by Crippen LogP contribution is 2.25. The van der Waals surface area contributed by atoms with E-state index in [0.717, 1.165) is 31.7 Å². The molecule has 0 spiro atoms. The van der Waals surface area contributed by atoms with Crippen LogP contribution in [0, 0.1) is 0 Å². The van der Waals surface area contributed by atoms with E-state index in [-0.39, 0.29) is 5.91 Å². The third-order valence-corrected chi connectivity index (χ3v) is 4.07. The molecule has 0 aromatic carbocycles. The molecule has 0 bridgehead atoms. The van der Waals surface area contributed by atoms with Crippen molar-refractivity contribution in [2.45, 2.75) is 25.2 Å². The number of likely N-dealkylation sites (tertiary alicyclic amines) is 1. The molecule has 2 aromatic rings. The molecule has 6 heteroatoms. The van der Waals surface area contributed by atoms with E-state index in [1.54, 1.807) is 18.6 Å². The maximum absolute atomic E-state index is 12.0. The fourth-order valence-corrected chi connectivity index (χ4v) is 2.93. The Morgan fingerprint density at radius 1 is 1.41 bits per heavy atom. The Hall–Kier alpha value is -2.21. The van der Waals surface area contributed by atoms with Crippen LogP contribution in [0.1, 0.15) is 30.9 Å². The van der Waals surface area contributed by atoms with E-state index < -0.39 is 0 Å². The fraction of sp³-hybridized carbons (Fsp3) is 0.438. The first-order valence-electron chi connectivity index (χ1n) is 7.73. The van der Waals surface area contributed by atoms with Gasteiger partial charge in [0.2, 0.25) is 5.91 Å². The van der Waals surface area contributed by atoms with Crippen molar-refractivity contribution in [2.75, 3.05) is 25.0 Å². The van der Waals surface area contributed by atoms with Gasteiger partial charge in [-0.05, 0) is 37.6 Å². The predicted molar refractivity (Wildman–Crippen MR) is 84.5 cm³/mol. The molecule has 116 valence electrons. The molecule has 1 aliphatic heterocycles. The molecule has 1 atom stereocenters. The second kappa shape index (κ2) is 7.17. The molecule has 0 aliphatic carbocycles. The van der Waals surface area contributed by atoms with Crippen molar-refractivity contribution in [3.05, 3.63) is 42.5 Å². The minimum Gasteiger partial charge on any atom is -0.325 e. The summed E-state index contributed by atoms with van der Waals surface area (Å²) in [6.07, 6.45) is 8.00. The first kappa shape index (κ1) is 14.7. The number of nitrogens with zero attached hydrogens (tertiary/aromatic N) is 3. The second-order valence-corrected chi connectivity index (χ2v) is 5.69. The van der Waals surface area contributed by atoms with E-state index in [2.05, 4.69) is 25.4 Å². The number of H-pyrrole nitrogens is 1. The van der Waals surface area contributed by atoms with E-state index >= 15 is 0 Å². The van der Waals surface area contributed by atoms with Crippen LogP contribution in [-0.2, 0) is 4.79 Å². The van der Waals surface area contributed by atoms with Gasteiger partial charge in [0.15, 0.2) is 0 Å². The third-order valence-electron chi connectivity index (χ3n) is 4.07. The first-order chi connectivity index (χ1) is 10.8. The van der Waals surface area contributed by atoms with Crippen molar-refractivity contribution in [1.82, 2.24) is 20.1 Å². The summed E-state index contributed by atoms with van der Waals surface area (Å²) in [4.78, 5) is 18.3. The average Bonchev–Trinajstić information content (AvgIpc) is 3.09. The average molecular weight is 299 g/mol. The predicted octanol–water partition coefficient (Wildman–Crippen LogP) is 2.01. The summed E-state index contributed by atoms with van der Waals surface area (Å²) in [6.45, 7) is 2.84. The lowest BCUT2D eigenvalue weighted by atomic mass is 9.95. The number of hydrogen-bond donors (Lipinski definition) is 2. The molecule has 3 rings (SSSR count). The fourth-order valence-electron chi connectivity index (χ4n) is 2.93. The van der Waals surface area contributed by atoms with Crippen molar-refractivity contribution in [3.63, 3.8) is 0 Å². The van der Waals surface area contributed by atoms with Gasteiger partial charge in [0, 0.05) is 43.5 Å². The SMILES string of the molecule is O=C(CCN1CCC[C@H](c2ccn[nH]2)C1)Nc1cccnc1. The maximum Gasteiger partial charge on any atom is 0.225 e. The summed E-state index contributed by atoms with van der Waals surface area (Å²) in [5.41, 5.74) is 1.95. The smallest absolute Gasteiger partial charge is 0.225 e. The Kier molecular flexibility index (Phi) is 4.80. The van der Waals surface area contributed by atoms with Crippen molar-refractivity contribution in [2.24, 2.45) is 0 Å². The van der Waals surface area contributed by atoms with Crippen molar-refractivity contribution in [1.29, 1.82) is 0 Å². The molecular weight excluding hydrogens is 278 g/mol. The van der Waals surface area contributed by atoms with Gasteiger partial charge >= 0.3 is 0 Å². The van der Waals surface area contributed by atoms with Crippen molar-refractivity contribution >= 4 is 11.6 Å². The molecule has 1 saturated heterocycles. The number of aromatic nitrogens is 3. The summed E-state index contributed by atoms with van der Waals surface area (Å²) in [6, 6.07) is 5.71. The minimum atomic E-state index is 0.0386. The Morgan fingerprint density at radius 3 is 3.14 bits per heavy atom. The number of rotatable bonds is 5. The van der Waals surface area contributed by atoms with Gasteiger partial charge in [-0.25, -0.2) is 0 Å². The molecule has 0 saturated carbocycles. The van der Waals surface area contributed by atoms with Crippen LogP contribution in [-0.4, -0.2) is 45.6 Å². The van der Waals surface area contributed by atoms with Gasteiger partial charge in [-0.1, -0.05) is 0 Å². The van der Waals surface area contributed by atoms with E-state index in [1.165, 1.54) is 12.1 Å². The third kappa shape index (κ3) is 3.92. The highest BCUT2D eigenvalue weighted by molar-refractivity contribution is 5.90. The number of piperidine rings is 1. The number of aromatic amines is 1. The van der Waals surface area contributed by atoms with Gasteiger partial charge in [-0.3, -0.25) is 14.9 Å². The zero-order chi connectivity index (χ0) is 15.2. The molecule has 3 heterocycles. The summed E-state index contributed by atoms with van der Waals surface area (Å²) in [5.74, 6) is 0.536. The van der Waals surface area contributed by atoms with Gasteiger partial charge in [0.25, 0.3) is 0 Å². The largest absolute Gasteiger partial charge is 0.325 e. The van der Waals surface area contributed by atoms with Crippen LogP contribution < -0.4 is 5.32 Å². The van der Waals surface area contributed by atoms with E-state index in [9.17, 15) is 4.79 Å². The number of anilines is 1. The van der Waals surface area contributed by atoms with Gasteiger partial charge in [0.1, 0.15) is 0 Å². The van der Waals surface area contributed by atoms with Crippen LogP contribution in [0.2, 0.25) is 0 Å². The monoisotopic (exact) mass is 299 g/mol. The Bertz CT molecular complexity index is 584. The Balaban J connectivity index is 1.46. The van der Waals surface area contributed by atoms with Crippen molar-refractivity contribution in [3.8, 4) is 0 Å². The molecule has 0 radical (unpaired) electrons. The van der Waals surface area contributed by atoms with Crippen molar-refractivity contribution < 1.29 is 4.79 Å². The van der Waals surface area contributed by atoms with Gasteiger partial charge < -0.3 is 10.2 Å². The second-order valence-electron chi connectivity index (χ2n) is 5.69. The molecule has 1 fully saturated rings. The summed E-state index contributed by atoms with van der Waals surface area (Å²) in [5, 5.41) is 9.97. The highest BCUT2D eigenvalue weighted by atomic mass is 16.1. The maximum atomic E-state index is 12.0. The van der Waals surface area contributed by atoms with Gasteiger partial charge in [-0.15, -0.1) is 0 Å². The zero-order valence-corrected chi connectivity index (χ0v) is 12.5. The van der Waals surface area contributed by atoms with E-state index in [4.69, 9.17) is 0 Å². The summed E-state index contributed by atoms with van der Waals surface area (Å²) >= 11 is 0. The molecule has 1 aliphatic rings. The number of carbonyl (C=O) groups excluding carboxylic acids is 1. The number of hydrogen-bond acceptors (Lipinski definition) is 4. The highest BCUT2D eigenvalue weighted by Gasteiger charge is 2.22. The lowest BCUT2D eigenvalue weighted by Gasteiger charge is -2.31. The molecule has 22 heavy (non-hydrogen) atoms. The number of pyridine rings is 1. The van der Waals surface area contributed by atoms with Crippen LogP contribution in [0.4, 0.5) is 5.69 Å².